The smallest absolute Gasteiger partial charge is 0.242 e. The molecular weight excluding hydrogens is 316 g/mol. The number of likely N-dealkylation sites (tertiary alicyclic amines) is 1. The van der Waals surface area contributed by atoms with E-state index in [1.54, 1.807) is 43.1 Å². The number of carbonyl (C=O) groups is 1. The Morgan fingerprint density at radius 2 is 2.17 bits per heavy atom. The van der Waals surface area contributed by atoms with Crippen LogP contribution in [0.3, 0.4) is 0 Å². The van der Waals surface area contributed by atoms with Crippen LogP contribution in [-0.2, 0) is 14.8 Å². The predicted molar refractivity (Wildman–Crippen MR) is 87.8 cm³/mol. The van der Waals surface area contributed by atoms with Gasteiger partial charge in [-0.15, -0.1) is 0 Å². The van der Waals surface area contributed by atoms with E-state index in [4.69, 9.17) is 4.74 Å². The molecule has 7 heteroatoms. The van der Waals surface area contributed by atoms with E-state index in [9.17, 15) is 13.2 Å². The SMILES string of the molecule is CCOc1cccc(S(=O)(=O)N(C)C[C@H]2CCN(C(C)=O)C2)c1. The number of hydrogen-bond donors (Lipinski definition) is 0. The molecule has 128 valence electrons. The molecule has 0 bridgehead atoms. The fourth-order valence-corrected chi connectivity index (χ4v) is 4.08. The van der Waals surface area contributed by atoms with Gasteiger partial charge in [-0.3, -0.25) is 4.79 Å². The molecule has 1 aliphatic rings. The molecule has 0 saturated carbocycles. The van der Waals surface area contributed by atoms with Gasteiger partial charge in [0.15, 0.2) is 0 Å². The zero-order chi connectivity index (χ0) is 17.0. The molecule has 23 heavy (non-hydrogen) atoms. The standard InChI is InChI=1S/C16H24N2O4S/c1-4-22-15-6-5-7-16(10-15)23(20,21)17(3)11-14-8-9-18(12-14)13(2)19/h5-7,10,14H,4,8-9,11-12H2,1-3H3/t14-/m1/s1. The maximum absolute atomic E-state index is 12.7. The predicted octanol–water partition coefficient (Wildman–Crippen LogP) is 1.57. The third-order valence-electron chi connectivity index (χ3n) is 4.07. The normalized spacial score (nSPS) is 18.4. The number of benzene rings is 1. The van der Waals surface area contributed by atoms with Crippen LogP contribution in [0.4, 0.5) is 0 Å². The Kier molecular flexibility index (Phi) is 5.64. The van der Waals surface area contributed by atoms with Crippen LogP contribution in [0.25, 0.3) is 0 Å². The molecule has 1 aromatic carbocycles. The van der Waals surface area contributed by atoms with Gasteiger partial charge >= 0.3 is 0 Å². The Balaban J connectivity index is 2.07. The molecule has 1 heterocycles. The van der Waals surface area contributed by atoms with Gasteiger partial charge in [-0.05, 0) is 31.4 Å². The third-order valence-corrected chi connectivity index (χ3v) is 5.89. The lowest BCUT2D eigenvalue weighted by molar-refractivity contribution is -0.127. The van der Waals surface area contributed by atoms with Gasteiger partial charge in [-0.25, -0.2) is 12.7 Å². The highest BCUT2D eigenvalue weighted by atomic mass is 32.2. The maximum Gasteiger partial charge on any atom is 0.242 e. The summed E-state index contributed by atoms with van der Waals surface area (Å²) >= 11 is 0. The summed E-state index contributed by atoms with van der Waals surface area (Å²) in [5, 5.41) is 0. The van der Waals surface area contributed by atoms with Crippen LogP contribution in [0.5, 0.6) is 5.75 Å². The lowest BCUT2D eigenvalue weighted by Gasteiger charge is -2.21. The van der Waals surface area contributed by atoms with E-state index < -0.39 is 10.0 Å². The number of nitrogens with zero attached hydrogens (tertiary/aromatic N) is 2. The van der Waals surface area contributed by atoms with Crippen LogP contribution in [0.2, 0.25) is 0 Å². The Morgan fingerprint density at radius 1 is 1.43 bits per heavy atom. The lowest BCUT2D eigenvalue weighted by atomic mass is 10.1. The minimum Gasteiger partial charge on any atom is -0.494 e. The van der Waals surface area contributed by atoms with Crippen molar-refractivity contribution in [3.05, 3.63) is 24.3 Å². The molecule has 1 saturated heterocycles. The molecule has 0 N–H and O–H groups in total. The first-order valence-corrected chi connectivity index (χ1v) is 9.23. The van der Waals surface area contributed by atoms with E-state index in [0.717, 1.165) is 6.42 Å². The summed E-state index contributed by atoms with van der Waals surface area (Å²) in [5.74, 6) is 0.766. The first-order chi connectivity index (χ1) is 10.8. The molecule has 0 radical (unpaired) electrons. The summed E-state index contributed by atoms with van der Waals surface area (Å²) in [6.07, 6.45) is 0.832. The molecule has 1 amide bonds. The second-order valence-electron chi connectivity index (χ2n) is 5.81. The number of rotatable bonds is 6. The number of sulfonamides is 1. The Bertz CT molecular complexity index is 660. The van der Waals surface area contributed by atoms with Crippen LogP contribution < -0.4 is 4.74 Å². The van der Waals surface area contributed by atoms with Crippen molar-refractivity contribution in [2.24, 2.45) is 5.92 Å². The molecule has 1 aromatic rings. The second-order valence-corrected chi connectivity index (χ2v) is 7.86. The largest absolute Gasteiger partial charge is 0.494 e. The Labute approximate surface area is 138 Å². The highest BCUT2D eigenvalue weighted by molar-refractivity contribution is 7.89. The van der Waals surface area contributed by atoms with Gasteiger partial charge in [0, 0.05) is 39.7 Å². The Hall–Kier alpha value is -1.60. The first kappa shape index (κ1) is 17.7. The molecule has 1 aliphatic heterocycles. The summed E-state index contributed by atoms with van der Waals surface area (Å²) in [5.41, 5.74) is 0. The molecule has 6 nitrogen and oxygen atoms in total. The highest BCUT2D eigenvalue weighted by Crippen LogP contribution is 2.23. The van der Waals surface area contributed by atoms with Crippen molar-refractivity contribution in [2.45, 2.75) is 25.2 Å². The van der Waals surface area contributed by atoms with E-state index in [-0.39, 0.29) is 16.7 Å². The van der Waals surface area contributed by atoms with E-state index in [2.05, 4.69) is 0 Å². The van der Waals surface area contributed by atoms with E-state index in [0.29, 0.717) is 32.0 Å². The highest BCUT2D eigenvalue weighted by Gasteiger charge is 2.29. The van der Waals surface area contributed by atoms with Crippen molar-refractivity contribution in [3.8, 4) is 5.75 Å². The van der Waals surface area contributed by atoms with Gasteiger partial charge in [-0.1, -0.05) is 6.07 Å². The second kappa shape index (κ2) is 7.31. The molecular formula is C16H24N2O4S. The van der Waals surface area contributed by atoms with Crippen LogP contribution in [-0.4, -0.2) is 56.8 Å². The van der Waals surface area contributed by atoms with Gasteiger partial charge in [0.05, 0.1) is 11.5 Å². The number of amides is 1. The third kappa shape index (κ3) is 4.23. The van der Waals surface area contributed by atoms with Crippen LogP contribution >= 0.6 is 0 Å². The number of ether oxygens (including phenoxy) is 1. The molecule has 1 atom stereocenters. The fraction of sp³-hybridized carbons (Fsp3) is 0.562. The van der Waals surface area contributed by atoms with Crippen LogP contribution in [0.1, 0.15) is 20.3 Å². The van der Waals surface area contributed by atoms with Crippen molar-refractivity contribution in [3.63, 3.8) is 0 Å². The van der Waals surface area contributed by atoms with E-state index >= 15 is 0 Å². The van der Waals surface area contributed by atoms with Gasteiger partial charge < -0.3 is 9.64 Å². The molecule has 2 rings (SSSR count). The van der Waals surface area contributed by atoms with Crippen molar-refractivity contribution in [1.29, 1.82) is 0 Å². The minimum atomic E-state index is -3.56. The fourth-order valence-electron chi connectivity index (χ4n) is 2.80. The van der Waals surface area contributed by atoms with Crippen molar-refractivity contribution < 1.29 is 17.9 Å². The summed E-state index contributed by atoms with van der Waals surface area (Å²) in [4.78, 5) is 13.4. The molecule has 0 aliphatic carbocycles. The number of hydrogen-bond acceptors (Lipinski definition) is 4. The lowest BCUT2D eigenvalue weighted by Crippen LogP contribution is -2.34. The first-order valence-electron chi connectivity index (χ1n) is 7.79. The zero-order valence-electron chi connectivity index (χ0n) is 13.9. The number of carbonyl (C=O) groups excluding carboxylic acids is 1. The minimum absolute atomic E-state index is 0.0439. The van der Waals surface area contributed by atoms with Crippen molar-refractivity contribution >= 4 is 15.9 Å². The summed E-state index contributed by atoms with van der Waals surface area (Å²) in [7, 11) is -1.97. The molecule has 0 spiro atoms. The van der Waals surface area contributed by atoms with E-state index in [1.165, 1.54) is 4.31 Å². The average molecular weight is 340 g/mol. The summed E-state index contributed by atoms with van der Waals surface area (Å²) in [6, 6.07) is 6.54. The summed E-state index contributed by atoms with van der Waals surface area (Å²) in [6.45, 7) is 5.62. The topological polar surface area (TPSA) is 66.9 Å². The van der Waals surface area contributed by atoms with Crippen LogP contribution in [0.15, 0.2) is 29.2 Å². The van der Waals surface area contributed by atoms with Gasteiger partial charge in [0.1, 0.15) is 5.75 Å². The van der Waals surface area contributed by atoms with E-state index in [1.807, 2.05) is 6.92 Å². The van der Waals surface area contributed by atoms with Gasteiger partial charge in [-0.2, -0.15) is 0 Å². The monoisotopic (exact) mass is 340 g/mol. The zero-order valence-corrected chi connectivity index (χ0v) is 14.7. The van der Waals surface area contributed by atoms with Gasteiger partial charge in [0.25, 0.3) is 0 Å². The molecule has 1 fully saturated rings. The van der Waals surface area contributed by atoms with Crippen LogP contribution in [0, 0.1) is 5.92 Å². The molecule has 0 aromatic heterocycles. The molecule has 0 unspecified atom stereocenters. The Morgan fingerprint density at radius 3 is 2.78 bits per heavy atom. The van der Waals surface area contributed by atoms with Crippen molar-refractivity contribution in [2.75, 3.05) is 33.3 Å². The van der Waals surface area contributed by atoms with Gasteiger partial charge in [0.2, 0.25) is 15.9 Å². The quantitative estimate of drug-likeness (QED) is 0.788. The van der Waals surface area contributed by atoms with Crippen molar-refractivity contribution in [1.82, 2.24) is 9.21 Å². The average Bonchev–Trinajstić information content (AvgIpc) is 2.96. The summed E-state index contributed by atoms with van der Waals surface area (Å²) < 4.78 is 32.1. The maximum atomic E-state index is 12.7.